The SMILES string of the molecule is Cc1ccccc1C(C)CC(=O)NCC1=CCNCC1. The zero-order valence-electron chi connectivity index (χ0n) is 12.4. The van der Waals surface area contributed by atoms with Crippen molar-refractivity contribution in [1.82, 2.24) is 10.6 Å². The van der Waals surface area contributed by atoms with Gasteiger partial charge >= 0.3 is 0 Å². The van der Waals surface area contributed by atoms with Crippen LogP contribution >= 0.6 is 0 Å². The average molecular weight is 272 g/mol. The van der Waals surface area contributed by atoms with Gasteiger partial charge < -0.3 is 10.6 Å². The summed E-state index contributed by atoms with van der Waals surface area (Å²) in [5, 5.41) is 6.31. The van der Waals surface area contributed by atoms with E-state index in [1.54, 1.807) is 0 Å². The number of nitrogens with one attached hydrogen (secondary N) is 2. The lowest BCUT2D eigenvalue weighted by Crippen LogP contribution is -2.30. The molecule has 1 amide bonds. The third kappa shape index (κ3) is 4.20. The summed E-state index contributed by atoms with van der Waals surface area (Å²) in [5.74, 6) is 0.401. The summed E-state index contributed by atoms with van der Waals surface area (Å²) in [7, 11) is 0. The van der Waals surface area contributed by atoms with Gasteiger partial charge in [-0.15, -0.1) is 0 Å². The molecule has 2 N–H and O–H groups in total. The van der Waals surface area contributed by atoms with E-state index < -0.39 is 0 Å². The fourth-order valence-electron chi connectivity index (χ4n) is 2.64. The van der Waals surface area contributed by atoms with Crippen molar-refractivity contribution < 1.29 is 4.79 Å². The molecule has 1 unspecified atom stereocenters. The third-order valence-electron chi connectivity index (χ3n) is 3.88. The fourth-order valence-corrected chi connectivity index (χ4v) is 2.64. The fraction of sp³-hybridized carbons (Fsp3) is 0.471. The summed E-state index contributed by atoms with van der Waals surface area (Å²) in [5.41, 5.74) is 3.86. The minimum atomic E-state index is 0.139. The van der Waals surface area contributed by atoms with Gasteiger partial charge in [-0.25, -0.2) is 0 Å². The molecule has 20 heavy (non-hydrogen) atoms. The summed E-state index contributed by atoms with van der Waals surface area (Å²) < 4.78 is 0. The Balaban J connectivity index is 1.82. The van der Waals surface area contributed by atoms with E-state index in [0.717, 1.165) is 19.5 Å². The molecular weight excluding hydrogens is 248 g/mol. The van der Waals surface area contributed by atoms with Crippen LogP contribution in [0.1, 0.15) is 36.8 Å². The molecule has 108 valence electrons. The quantitative estimate of drug-likeness (QED) is 0.809. The summed E-state index contributed by atoms with van der Waals surface area (Å²) in [6.07, 6.45) is 3.76. The van der Waals surface area contributed by atoms with Gasteiger partial charge in [-0.3, -0.25) is 4.79 Å². The lowest BCUT2D eigenvalue weighted by atomic mass is 9.93. The first-order chi connectivity index (χ1) is 9.66. The van der Waals surface area contributed by atoms with Crippen molar-refractivity contribution >= 4 is 5.91 Å². The molecular formula is C17H24N2O. The van der Waals surface area contributed by atoms with Gasteiger partial charge in [-0.2, -0.15) is 0 Å². The van der Waals surface area contributed by atoms with E-state index in [-0.39, 0.29) is 11.8 Å². The second-order valence-electron chi connectivity index (χ2n) is 5.55. The maximum Gasteiger partial charge on any atom is 0.220 e. The molecule has 1 aromatic carbocycles. The predicted molar refractivity (Wildman–Crippen MR) is 82.8 cm³/mol. The van der Waals surface area contributed by atoms with Crippen LogP contribution in [0.4, 0.5) is 0 Å². The number of hydrogen-bond donors (Lipinski definition) is 2. The van der Waals surface area contributed by atoms with Crippen LogP contribution in [0.3, 0.4) is 0 Å². The summed E-state index contributed by atoms with van der Waals surface area (Å²) >= 11 is 0. The molecule has 0 bridgehead atoms. The monoisotopic (exact) mass is 272 g/mol. The molecule has 1 atom stereocenters. The van der Waals surface area contributed by atoms with Gasteiger partial charge in [-0.1, -0.05) is 42.8 Å². The Labute approximate surface area is 121 Å². The molecule has 1 aliphatic heterocycles. The number of rotatable bonds is 5. The summed E-state index contributed by atoms with van der Waals surface area (Å²) in [4.78, 5) is 12.0. The Morgan fingerprint density at radius 2 is 2.20 bits per heavy atom. The van der Waals surface area contributed by atoms with Gasteiger partial charge in [-0.05, 0) is 36.9 Å². The number of benzene rings is 1. The maximum atomic E-state index is 12.0. The lowest BCUT2D eigenvalue weighted by molar-refractivity contribution is -0.121. The van der Waals surface area contributed by atoms with Crippen molar-refractivity contribution in [3.05, 3.63) is 47.0 Å². The Kier molecular flexibility index (Phi) is 5.36. The standard InChI is InChI=1S/C17H24N2O/c1-13-5-3-4-6-16(13)14(2)11-17(20)19-12-15-7-9-18-10-8-15/h3-7,14,18H,8-12H2,1-2H3,(H,19,20). The molecule has 0 spiro atoms. The smallest absolute Gasteiger partial charge is 0.220 e. The van der Waals surface area contributed by atoms with Crippen LogP contribution < -0.4 is 10.6 Å². The van der Waals surface area contributed by atoms with Gasteiger partial charge in [0.1, 0.15) is 0 Å². The van der Waals surface area contributed by atoms with Crippen molar-refractivity contribution in [2.24, 2.45) is 0 Å². The number of carbonyl (C=O) groups excluding carboxylic acids is 1. The van der Waals surface area contributed by atoms with Crippen molar-refractivity contribution in [3.8, 4) is 0 Å². The van der Waals surface area contributed by atoms with Crippen molar-refractivity contribution in [2.45, 2.75) is 32.6 Å². The molecule has 0 fully saturated rings. The Morgan fingerprint density at radius 3 is 2.90 bits per heavy atom. The van der Waals surface area contributed by atoms with E-state index in [4.69, 9.17) is 0 Å². The lowest BCUT2D eigenvalue weighted by Gasteiger charge is -2.17. The van der Waals surface area contributed by atoms with Crippen molar-refractivity contribution in [3.63, 3.8) is 0 Å². The molecule has 3 nitrogen and oxygen atoms in total. The van der Waals surface area contributed by atoms with E-state index in [1.807, 2.05) is 12.1 Å². The molecule has 0 saturated carbocycles. The molecule has 0 saturated heterocycles. The van der Waals surface area contributed by atoms with Crippen LogP contribution in [0.5, 0.6) is 0 Å². The number of amides is 1. The number of carbonyl (C=O) groups is 1. The molecule has 1 aliphatic rings. The minimum Gasteiger partial charge on any atom is -0.352 e. The first-order valence-electron chi connectivity index (χ1n) is 7.37. The van der Waals surface area contributed by atoms with Crippen molar-refractivity contribution in [2.75, 3.05) is 19.6 Å². The number of aryl methyl sites for hydroxylation is 1. The first kappa shape index (κ1) is 14.8. The first-order valence-corrected chi connectivity index (χ1v) is 7.37. The second-order valence-corrected chi connectivity index (χ2v) is 5.55. The molecule has 0 radical (unpaired) electrons. The van der Waals surface area contributed by atoms with E-state index in [1.165, 1.54) is 16.7 Å². The molecule has 1 aromatic rings. The average Bonchev–Trinajstić information content (AvgIpc) is 2.46. The topological polar surface area (TPSA) is 41.1 Å². The van der Waals surface area contributed by atoms with E-state index in [0.29, 0.717) is 13.0 Å². The van der Waals surface area contributed by atoms with Gasteiger partial charge in [0.05, 0.1) is 0 Å². The molecule has 0 aliphatic carbocycles. The van der Waals surface area contributed by atoms with Crippen LogP contribution in [-0.4, -0.2) is 25.5 Å². The van der Waals surface area contributed by atoms with Gasteiger partial charge in [0.25, 0.3) is 0 Å². The van der Waals surface area contributed by atoms with E-state index in [2.05, 4.69) is 42.7 Å². The third-order valence-corrected chi connectivity index (χ3v) is 3.88. The molecule has 0 aromatic heterocycles. The van der Waals surface area contributed by atoms with Crippen LogP contribution in [0, 0.1) is 6.92 Å². The number of hydrogen-bond acceptors (Lipinski definition) is 2. The van der Waals surface area contributed by atoms with Crippen LogP contribution in [0.2, 0.25) is 0 Å². The van der Waals surface area contributed by atoms with E-state index >= 15 is 0 Å². The highest BCUT2D eigenvalue weighted by Gasteiger charge is 2.13. The molecule has 1 heterocycles. The largest absolute Gasteiger partial charge is 0.352 e. The Bertz CT molecular complexity index is 494. The zero-order chi connectivity index (χ0) is 14.4. The van der Waals surface area contributed by atoms with E-state index in [9.17, 15) is 4.79 Å². The zero-order valence-corrected chi connectivity index (χ0v) is 12.4. The van der Waals surface area contributed by atoms with Gasteiger partial charge in [0.2, 0.25) is 5.91 Å². The van der Waals surface area contributed by atoms with Crippen LogP contribution in [0.25, 0.3) is 0 Å². The maximum absolute atomic E-state index is 12.0. The Hall–Kier alpha value is -1.61. The molecule has 2 rings (SSSR count). The van der Waals surface area contributed by atoms with Gasteiger partial charge in [0, 0.05) is 19.5 Å². The minimum absolute atomic E-state index is 0.139. The van der Waals surface area contributed by atoms with Crippen LogP contribution in [-0.2, 0) is 4.79 Å². The molecule has 3 heteroatoms. The Morgan fingerprint density at radius 1 is 1.40 bits per heavy atom. The summed E-state index contributed by atoms with van der Waals surface area (Å²) in [6.45, 7) is 6.85. The highest BCUT2D eigenvalue weighted by Crippen LogP contribution is 2.22. The van der Waals surface area contributed by atoms with Crippen molar-refractivity contribution in [1.29, 1.82) is 0 Å². The second kappa shape index (κ2) is 7.25. The highest BCUT2D eigenvalue weighted by atomic mass is 16.1. The normalized spacial score (nSPS) is 16.4. The van der Waals surface area contributed by atoms with Gasteiger partial charge in [0.15, 0.2) is 0 Å². The van der Waals surface area contributed by atoms with Crippen LogP contribution in [0.15, 0.2) is 35.9 Å². The summed E-state index contributed by atoms with van der Waals surface area (Å²) in [6, 6.07) is 8.29. The predicted octanol–water partition coefficient (Wildman–Crippen LogP) is 2.52. The highest BCUT2D eigenvalue weighted by molar-refractivity contribution is 5.77.